The summed E-state index contributed by atoms with van der Waals surface area (Å²) in [5.41, 5.74) is 2.50. The third-order valence-corrected chi connectivity index (χ3v) is 6.59. The maximum atomic E-state index is 5.98. The second-order valence-electron chi connectivity index (χ2n) is 7.98. The fraction of sp³-hybridized carbons (Fsp3) is 0.545. The lowest BCUT2D eigenvalue weighted by Crippen LogP contribution is -2.36. The van der Waals surface area contributed by atoms with Gasteiger partial charge in [-0.3, -0.25) is 0 Å². The highest BCUT2D eigenvalue weighted by molar-refractivity contribution is 9.10. The summed E-state index contributed by atoms with van der Waals surface area (Å²) < 4.78 is 7.10. The Kier molecular flexibility index (Phi) is 6.53. The van der Waals surface area contributed by atoms with Crippen LogP contribution in [0.1, 0.15) is 30.4 Å². The van der Waals surface area contributed by atoms with Crippen LogP contribution >= 0.6 is 15.9 Å². The number of benzene rings is 1. The molecule has 1 saturated carbocycles. The monoisotopic (exact) mass is 429 g/mol. The molecule has 0 bridgehead atoms. The largest absolute Gasteiger partial charge is 0.376 e. The van der Waals surface area contributed by atoms with Gasteiger partial charge in [0.1, 0.15) is 6.33 Å². The van der Waals surface area contributed by atoms with Crippen molar-refractivity contribution < 1.29 is 4.74 Å². The average Bonchev–Trinajstić information content (AvgIpc) is 3.49. The van der Waals surface area contributed by atoms with Gasteiger partial charge < -0.3 is 9.64 Å². The Morgan fingerprint density at radius 3 is 2.52 bits per heavy atom. The first-order valence-electron chi connectivity index (χ1n) is 10.1. The van der Waals surface area contributed by atoms with Crippen LogP contribution in [0, 0.1) is 17.8 Å². The number of rotatable bonds is 8. The lowest BCUT2D eigenvalue weighted by Gasteiger charge is -2.32. The summed E-state index contributed by atoms with van der Waals surface area (Å²) in [4.78, 5) is 10.8. The Morgan fingerprint density at radius 2 is 1.78 bits per heavy atom. The van der Waals surface area contributed by atoms with Gasteiger partial charge in [0.25, 0.3) is 0 Å². The standard InChI is InChI=1S/C22H28BrN3O/c23-21-3-1-17(2-4-21)14-27-15-20-11-22(20)19-6-9-26(10-7-19)8-5-18-12-24-16-25-13-18/h1-4,12-13,16,19-20,22H,5-11,14-15H2/t20-,22+/m0/s1. The summed E-state index contributed by atoms with van der Waals surface area (Å²) in [6.45, 7) is 5.26. The van der Waals surface area contributed by atoms with Crippen LogP contribution in [0.3, 0.4) is 0 Å². The summed E-state index contributed by atoms with van der Waals surface area (Å²) in [5, 5.41) is 0. The average molecular weight is 430 g/mol. The SMILES string of the molecule is Brc1ccc(COC[C@@H]2C[C@@H]2C2CCN(CCc3cncnc3)CC2)cc1. The highest BCUT2D eigenvalue weighted by Crippen LogP contribution is 2.48. The zero-order valence-electron chi connectivity index (χ0n) is 15.8. The Hall–Kier alpha value is -1.30. The van der Waals surface area contributed by atoms with Gasteiger partial charge in [-0.1, -0.05) is 28.1 Å². The maximum Gasteiger partial charge on any atom is 0.115 e. The van der Waals surface area contributed by atoms with E-state index in [1.54, 1.807) is 6.33 Å². The van der Waals surface area contributed by atoms with Gasteiger partial charge in [0.15, 0.2) is 0 Å². The van der Waals surface area contributed by atoms with E-state index in [2.05, 4.69) is 55.1 Å². The normalized spacial score (nSPS) is 23.4. The van der Waals surface area contributed by atoms with Gasteiger partial charge in [0.05, 0.1) is 13.2 Å². The first-order chi connectivity index (χ1) is 13.3. The third kappa shape index (κ3) is 5.59. The first kappa shape index (κ1) is 19.0. The Labute approximate surface area is 170 Å². The van der Waals surface area contributed by atoms with Crippen molar-refractivity contribution in [1.82, 2.24) is 14.9 Å². The van der Waals surface area contributed by atoms with E-state index in [-0.39, 0.29) is 0 Å². The molecule has 0 radical (unpaired) electrons. The molecule has 1 aliphatic carbocycles. The number of likely N-dealkylation sites (tertiary alicyclic amines) is 1. The molecule has 2 heterocycles. The van der Waals surface area contributed by atoms with Crippen LogP contribution in [-0.4, -0.2) is 41.1 Å². The van der Waals surface area contributed by atoms with Crippen molar-refractivity contribution in [1.29, 1.82) is 0 Å². The summed E-state index contributed by atoms with van der Waals surface area (Å²) >= 11 is 3.47. The highest BCUT2D eigenvalue weighted by Gasteiger charge is 2.43. The number of hydrogen-bond acceptors (Lipinski definition) is 4. The van der Waals surface area contributed by atoms with Gasteiger partial charge in [0, 0.05) is 23.4 Å². The van der Waals surface area contributed by atoms with E-state index < -0.39 is 0 Å². The molecule has 5 heteroatoms. The molecule has 0 unspecified atom stereocenters. The van der Waals surface area contributed by atoms with E-state index in [1.807, 2.05) is 12.4 Å². The van der Waals surface area contributed by atoms with E-state index in [4.69, 9.17) is 4.74 Å². The minimum absolute atomic E-state index is 0.734. The second-order valence-corrected chi connectivity index (χ2v) is 8.89. The topological polar surface area (TPSA) is 38.2 Å². The van der Waals surface area contributed by atoms with E-state index in [0.717, 1.165) is 48.4 Å². The van der Waals surface area contributed by atoms with Gasteiger partial charge in [-0.2, -0.15) is 0 Å². The number of aromatic nitrogens is 2. The van der Waals surface area contributed by atoms with Gasteiger partial charge in [-0.25, -0.2) is 9.97 Å². The molecule has 2 atom stereocenters. The minimum atomic E-state index is 0.734. The fourth-order valence-corrected chi connectivity index (χ4v) is 4.56. The van der Waals surface area contributed by atoms with Gasteiger partial charge in [-0.05, 0) is 79.8 Å². The summed E-state index contributed by atoms with van der Waals surface area (Å²) in [6.07, 6.45) is 10.6. The quantitative estimate of drug-likeness (QED) is 0.624. The second kappa shape index (κ2) is 9.26. The molecule has 0 N–H and O–H groups in total. The molecule has 4 nitrogen and oxygen atoms in total. The predicted octanol–water partition coefficient (Wildman–Crippen LogP) is 4.35. The molecule has 2 aromatic rings. The molecule has 1 aromatic carbocycles. The lowest BCUT2D eigenvalue weighted by atomic mass is 9.91. The maximum absolute atomic E-state index is 5.98. The number of halogens is 1. The van der Waals surface area contributed by atoms with Crippen molar-refractivity contribution in [2.75, 3.05) is 26.2 Å². The van der Waals surface area contributed by atoms with E-state index in [0.29, 0.717) is 0 Å². The summed E-state index contributed by atoms with van der Waals surface area (Å²) in [7, 11) is 0. The fourth-order valence-electron chi connectivity index (χ4n) is 4.30. The third-order valence-electron chi connectivity index (χ3n) is 6.06. The number of nitrogens with zero attached hydrogens (tertiary/aromatic N) is 3. The summed E-state index contributed by atoms with van der Waals surface area (Å²) in [5.74, 6) is 2.60. The number of ether oxygens (including phenoxy) is 1. The zero-order valence-corrected chi connectivity index (χ0v) is 17.4. The Balaban J connectivity index is 1.11. The number of piperidine rings is 1. The number of hydrogen-bond donors (Lipinski definition) is 0. The molecule has 0 amide bonds. The molecule has 27 heavy (non-hydrogen) atoms. The van der Waals surface area contributed by atoms with E-state index >= 15 is 0 Å². The van der Waals surface area contributed by atoms with Gasteiger partial charge >= 0.3 is 0 Å². The van der Waals surface area contributed by atoms with Crippen LogP contribution in [0.2, 0.25) is 0 Å². The molecule has 4 rings (SSSR count). The predicted molar refractivity (Wildman–Crippen MR) is 110 cm³/mol. The van der Waals surface area contributed by atoms with E-state index in [9.17, 15) is 0 Å². The molecule has 2 fully saturated rings. The molecule has 1 saturated heterocycles. The first-order valence-corrected chi connectivity index (χ1v) is 10.9. The van der Waals surface area contributed by atoms with Crippen molar-refractivity contribution in [3.63, 3.8) is 0 Å². The molecule has 2 aliphatic rings. The van der Waals surface area contributed by atoms with Gasteiger partial charge in [0.2, 0.25) is 0 Å². The van der Waals surface area contributed by atoms with Crippen LogP contribution in [0.5, 0.6) is 0 Å². The van der Waals surface area contributed by atoms with Crippen LogP contribution < -0.4 is 0 Å². The molecule has 1 aliphatic heterocycles. The molecule has 0 spiro atoms. The van der Waals surface area contributed by atoms with Crippen LogP contribution in [0.25, 0.3) is 0 Å². The Morgan fingerprint density at radius 1 is 1.04 bits per heavy atom. The van der Waals surface area contributed by atoms with E-state index in [1.165, 1.54) is 43.5 Å². The lowest BCUT2D eigenvalue weighted by molar-refractivity contribution is 0.0997. The molecular weight excluding hydrogens is 402 g/mol. The zero-order chi connectivity index (χ0) is 18.5. The summed E-state index contributed by atoms with van der Waals surface area (Å²) in [6, 6.07) is 8.42. The highest BCUT2D eigenvalue weighted by atomic mass is 79.9. The van der Waals surface area contributed by atoms with Crippen molar-refractivity contribution in [3.05, 3.63) is 58.6 Å². The van der Waals surface area contributed by atoms with Crippen molar-refractivity contribution in [3.8, 4) is 0 Å². The smallest absolute Gasteiger partial charge is 0.115 e. The molecule has 144 valence electrons. The molecule has 1 aromatic heterocycles. The molecular formula is C22H28BrN3O. The van der Waals surface area contributed by atoms with Crippen LogP contribution in [0.15, 0.2) is 47.5 Å². The Bertz CT molecular complexity index is 701. The van der Waals surface area contributed by atoms with Crippen LogP contribution in [0.4, 0.5) is 0 Å². The van der Waals surface area contributed by atoms with Crippen molar-refractivity contribution >= 4 is 15.9 Å². The van der Waals surface area contributed by atoms with Gasteiger partial charge in [-0.15, -0.1) is 0 Å². The minimum Gasteiger partial charge on any atom is -0.376 e. The van der Waals surface area contributed by atoms with Crippen LogP contribution in [-0.2, 0) is 17.8 Å². The van der Waals surface area contributed by atoms with Crippen molar-refractivity contribution in [2.45, 2.75) is 32.3 Å². The van der Waals surface area contributed by atoms with Crippen molar-refractivity contribution in [2.24, 2.45) is 17.8 Å².